The standard InChI is InChI=1S/C26H29N5O4/c1-35-25(34)21(15-8-16-29-26(27)28)30-23(32)20-14-9-17-31(24(20)33)22(18-10-4-2-5-11-18)19-12-6-3-7-13-19/h2-7,9-14,17,21-22H,8,15-16H2,1H3,(H,30,32)(H4,27,28,29)/t21-/m0/s1. The number of aromatic nitrogens is 1. The normalized spacial score (nSPS) is 11.5. The number of hydrogen-bond donors (Lipinski definition) is 4. The van der Waals surface area contributed by atoms with E-state index in [2.05, 4.69) is 10.6 Å². The first-order valence-corrected chi connectivity index (χ1v) is 11.2. The number of ether oxygens (including phenoxy) is 1. The Bertz CT molecular complexity index is 1170. The molecule has 182 valence electrons. The number of methoxy groups -OCH3 is 1. The Kier molecular flexibility index (Phi) is 8.77. The lowest BCUT2D eigenvalue weighted by atomic mass is 9.98. The summed E-state index contributed by atoms with van der Waals surface area (Å²) in [4.78, 5) is 38.8. The molecule has 0 aliphatic heterocycles. The predicted molar refractivity (Wildman–Crippen MR) is 133 cm³/mol. The first kappa shape index (κ1) is 25.2. The zero-order valence-electron chi connectivity index (χ0n) is 19.4. The molecule has 0 bridgehead atoms. The van der Waals surface area contributed by atoms with Crippen LogP contribution in [0.2, 0.25) is 0 Å². The zero-order valence-corrected chi connectivity index (χ0v) is 19.4. The van der Waals surface area contributed by atoms with Gasteiger partial charge in [0.2, 0.25) is 0 Å². The highest BCUT2D eigenvalue weighted by molar-refractivity contribution is 5.96. The molecule has 1 amide bonds. The summed E-state index contributed by atoms with van der Waals surface area (Å²) < 4.78 is 6.33. The molecule has 0 unspecified atom stereocenters. The lowest BCUT2D eigenvalue weighted by Gasteiger charge is -2.22. The number of carbonyl (C=O) groups is 2. The topological polar surface area (TPSA) is 139 Å². The molecule has 9 heteroatoms. The molecule has 0 saturated heterocycles. The Labute approximate surface area is 203 Å². The van der Waals surface area contributed by atoms with Crippen LogP contribution in [0.3, 0.4) is 0 Å². The van der Waals surface area contributed by atoms with E-state index in [-0.39, 0.29) is 17.9 Å². The molecule has 1 aromatic heterocycles. The number of hydrogen-bond acceptors (Lipinski definition) is 5. The van der Waals surface area contributed by atoms with Gasteiger partial charge in [-0.1, -0.05) is 60.7 Å². The first-order chi connectivity index (χ1) is 16.9. The molecule has 9 nitrogen and oxygen atoms in total. The summed E-state index contributed by atoms with van der Waals surface area (Å²) in [5, 5.41) is 12.5. The minimum absolute atomic E-state index is 0.0832. The van der Waals surface area contributed by atoms with E-state index in [0.717, 1.165) is 11.1 Å². The van der Waals surface area contributed by atoms with E-state index in [9.17, 15) is 14.4 Å². The number of nitrogens with one attached hydrogen (secondary N) is 3. The van der Waals surface area contributed by atoms with Crippen molar-refractivity contribution in [1.82, 2.24) is 15.2 Å². The highest BCUT2D eigenvalue weighted by Crippen LogP contribution is 2.25. The fourth-order valence-electron chi connectivity index (χ4n) is 3.83. The summed E-state index contributed by atoms with van der Waals surface area (Å²) >= 11 is 0. The van der Waals surface area contributed by atoms with Crippen LogP contribution in [0.4, 0.5) is 0 Å². The molecule has 35 heavy (non-hydrogen) atoms. The van der Waals surface area contributed by atoms with Gasteiger partial charge < -0.3 is 25.7 Å². The van der Waals surface area contributed by atoms with Crippen LogP contribution in [0.1, 0.15) is 40.4 Å². The number of carbonyl (C=O) groups excluding carboxylic acids is 2. The third kappa shape index (κ3) is 6.57. The Balaban J connectivity index is 1.90. The van der Waals surface area contributed by atoms with E-state index in [1.165, 1.54) is 17.7 Å². The van der Waals surface area contributed by atoms with E-state index >= 15 is 0 Å². The van der Waals surface area contributed by atoms with Gasteiger partial charge in [-0.25, -0.2) is 4.79 Å². The van der Waals surface area contributed by atoms with E-state index < -0.39 is 29.5 Å². The first-order valence-electron chi connectivity index (χ1n) is 11.2. The number of nitrogens with zero attached hydrogens (tertiary/aromatic N) is 1. The Hall–Kier alpha value is -4.40. The van der Waals surface area contributed by atoms with Gasteiger partial charge in [-0.3, -0.25) is 15.0 Å². The number of rotatable bonds is 10. The molecule has 1 heterocycles. The highest BCUT2D eigenvalue weighted by atomic mass is 16.5. The molecule has 5 N–H and O–H groups in total. The summed E-state index contributed by atoms with van der Waals surface area (Å²) in [6, 6.07) is 20.8. The van der Waals surface area contributed by atoms with Crippen molar-refractivity contribution in [1.29, 1.82) is 5.41 Å². The molecular weight excluding hydrogens is 446 g/mol. The maximum atomic E-state index is 13.5. The van der Waals surface area contributed by atoms with Crippen molar-refractivity contribution in [2.45, 2.75) is 24.9 Å². The van der Waals surface area contributed by atoms with Gasteiger partial charge in [0.05, 0.1) is 13.2 Å². The van der Waals surface area contributed by atoms with E-state index in [1.807, 2.05) is 60.7 Å². The van der Waals surface area contributed by atoms with Crippen molar-refractivity contribution in [2.75, 3.05) is 13.7 Å². The van der Waals surface area contributed by atoms with Gasteiger partial charge in [-0.15, -0.1) is 0 Å². The van der Waals surface area contributed by atoms with Gasteiger partial charge in [-0.05, 0) is 36.1 Å². The number of pyridine rings is 1. The number of benzene rings is 2. The maximum Gasteiger partial charge on any atom is 0.328 e. The van der Waals surface area contributed by atoms with Gasteiger partial charge in [0, 0.05) is 12.7 Å². The number of guanidine groups is 1. The molecule has 2 aromatic carbocycles. The molecule has 0 aliphatic carbocycles. The molecular formula is C26H29N5O4. The minimum Gasteiger partial charge on any atom is -0.467 e. The molecule has 0 radical (unpaired) electrons. The fourth-order valence-corrected chi connectivity index (χ4v) is 3.83. The number of esters is 1. The van der Waals surface area contributed by atoms with Gasteiger partial charge in [-0.2, -0.15) is 0 Å². The van der Waals surface area contributed by atoms with Crippen LogP contribution in [0.25, 0.3) is 0 Å². The summed E-state index contributed by atoms with van der Waals surface area (Å²) in [6.45, 7) is 0.354. The Morgan fingerprint density at radius 2 is 1.60 bits per heavy atom. The molecule has 0 aliphatic rings. The zero-order chi connectivity index (χ0) is 25.2. The van der Waals surface area contributed by atoms with Crippen LogP contribution in [-0.4, -0.2) is 42.1 Å². The van der Waals surface area contributed by atoms with Crippen molar-refractivity contribution in [3.63, 3.8) is 0 Å². The second kappa shape index (κ2) is 12.2. The average molecular weight is 476 g/mol. The number of nitrogens with two attached hydrogens (primary N) is 1. The van der Waals surface area contributed by atoms with Crippen molar-refractivity contribution >= 4 is 17.8 Å². The third-order valence-electron chi connectivity index (χ3n) is 5.50. The smallest absolute Gasteiger partial charge is 0.328 e. The quantitative estimate of drug-likeness (QED) is 0.153. The summed E-state index contributed by atoms with van der Waals surface area (Å²) in [7, 11) is 1.23. The largest absolute Gasteiger partial charge is 0.467 e. The van der Waals surface area contributed by atoms with Crippen molar-refractivity contribution < 1.29 is 14.3 Å². The van der Waals surface area contributed by atoms with E-state index in [0.29, 0.717) is 13.0 Å². The molecule has 3 aromatic rings. The van der Waals surface area contributed by atoms with E-state index in [1.54, 1.807) is 12.3 Å². The monoisotopic (exact) mass is 475 g/mol. The van der Waals surface area contributed by atoms with Gasteiger partial charge >= 0.3 is 5.97 Å². The molecule has 1 atom stereocenters. The van der Waals surface area contributed by atoms with Gasteiger partial charge in [0.25, 0.3) is 11.5 Å². The lowest BCUT2D eigenvalue weighted by molar-refractivity contribution is -0.143. The molecule has 3 rings (SSSR count). The van der Waals surface area contributed by atoms with Crippen molar-refractivity contribution in [3.8, 4) is 0 Å². The minimum atomic E-state index is -0.951. The van der Waals surface area contributed by atoms with Crippen LogP contribution < -0.4 is 21.9 Å². The molecule has 0 fully saturated rings. The van der Waals surface area contributed by atoms with Crippen LogP contribution in [-0.2, 0) is 9.53 Å². The van der Waals surface area contributed by atoms with Gasteiger partial charge in [0.15, 0.2) is 5.96 Å². The summed E-state index contributed by atoms with van der Waals surface area (Å²) in [6.07, 6.45) is 2.34. The third-order valence-corrected chi connectivity index (χ3v) is 5.50. The Morgan fingerprint density at radius 1 is 1.00 bits per heavy atom. The summed E-state index contributed by atoms with van der Waals surface area (Å²) in [5.74, 6) is -1.47. The van der Waals surface area contributed by atoms with Crippen LogP contribution in [0.15, 0.2) is 83.8 Å². The SMILES string of the molecule is COC(=O)[C@H](CCCNC(=N)N)NC(=O)c1cccn(C(c2ccccc2)c2ccccc2)c1=O. The summed E-state index contributed by atoms with van der Waals surface area (Å²) in [5.41, 5.74) is 6.48. The average Bonchev–Trinajstić information content (AvgIpc) is 2.87. The van der Waals surface area contributed by atoms with Crippen LogP contribution >= 0.6 is 0 Å². The van der Waals surface area contributed by atoms with Crippen LogP contribution in [0.5, 0.6) is 0 Å². The fraction of sp³-hybridized carbons (Fsp3) is 0.231. The number of amides is 1. The maximum absolute atomic E-state index is 13.5. The van der Waals surface area contributed by atoms with Crippen molar-refractivity contribution in [2.24, 2.45) is 5.73 Å². The van der Waals surface area contributed by atoms with Gasteiger partial charge in [0.1, 0.15) is 11.6 Å². The second-order valence-corrected chi connectivity index (χ2v) is 7.89. The predicted octanol–water partition coefficient (Wildman–Crippen LogP) is 2.02. The van der Waals surface area contributed by atoms with E-state index in [4.69, 9.17) is 15.9 Å². The van der Waals surface area contributed by atoms with Crippen molar-refractivity contribution in [3.05, 3.63) is 106 Å². The highest BCUT2D eigenvalue weighted by Gasteiger charge is 2.25. The molecule has 0 spiro atoms. The second-order valence-electron chi connectivity index (χ2n) is 7.89. The Morgan fingerprint density at radius 3 is 2.14 bits per heavy atom. The molecule has 0 saturated carbocycles. The lowest BCUT2D eigenvalue weighted by Crippen LogP contribution is -2.44. The van der Waals surface area contributed by atoms with Crippen LogP contribution in [0, 0.1) is 5.41 Å².